The number of rotatable bonds is 2. The van der Waals surface area contributed by atoms with E-state index >= 15 is 0 Å². The van der Waals surface area contributed by atoms with E-state index in [4.69, 9.17) is 5.21 Å². The first-order chi connectivity index (χ1) is 5.65. The number of aromatic hydroxyl groups is 1. The monoisotopic (exact) mass is 231 g/mol. The molecule has 0 fully saturated rings. The highest BCUT2D eigenvalue weighted by Gasteiger charge is 2.04. The molecule has 0 amide bonds. The molecule has 0 saturated carbocycles. The summed E-state index contributed by atoms with van der Waals surface area (Å²) in [6.07, 6.45) is 0. The Bertz CT molecular complexity index is 289. The first-order valence-electron chi connectivity index (χ1n) is 3.50. The van der Waals surface area contributed by atoms with E-state index in [-0.39, 0.29) is 12.3 Å². The van der Waals surface area contributed by atoms with E-state index in [0.29, 0.717) is 5.56 Å². The highest BCUT2D eigenvalue weighted by Crippen LogP contribution is 2.26. The van der Waals surface area contributed by atoms with Crippen LogP contribution in [0.5, 0.6) is 5.75 Å². The molecular formula is C8H10BrNO2. The van der Waals surface area contributed by atoms with Gasteiger partial charge in [0.15, 0.2) is 0 Å². The molecule has 1 rings (SSSR count). The lowest BCUT2D eigenvalue weighted by Gasteiger charge is -2.06. The molecule has 0 atom stereocenters. The average molecular weight is 232 g/mol. The lowest BCUT2D eigenvalue weighted by Crippen LogP contribution is -2.06. The van der Waals surface area contributed by atoms with E-state index in [1.54, 1.807) is 13.0 Å². The Morgan fingerprint density at radius 1 is 1.50 bits per heavy atom. The predicted molar refractivity (Wildman–Crippen MR) is 49.2 cm³/mol. The van der Waals surface area contributed by atoms with Gasteiger partial charge in [-0.2, -0.15) is 0 Å². The van der Waals surface area contributed by atoms with E-state index < -0.39 is 0 Å². The average Bonchev–Trinajstić information content (AvgIpc) is 2.00. The highest BCUT2D eigenvalue weighted by atomic mass is 79.9. The summed E-state index contributed by atoms with van der Waals surface area (Å²) in [5.74, 6) is 0.222. The number of nitrogens with one attached hydrogen (secondary N) is 1. The normalized spacial score (nSPS) is 10.2. The second kappa shape index (κ2) is 3.89. The van der Waals surface area contributed by atoms with Crippen LogP contribution in [0.1, 0.15) is 11.1 Å². The van der Waals surface area contributed by atoms with Gasteiger partial charge in [0, 0.05) is 16.6 Å². The van der Waals surface area contributed by atoms with Crippen LogP contribution < -0.4 is 5.48 Å². The highest BCUT2D eigenvalue weighted by molar-refractivity contribution is 9.10. The molecule has 0 heterocycles. The van der Waals surface area contributed by atoms with Crippen molar-refractivity contribution in [3.63, 3.8) is 0 Å². The largest absolute Gasteiger partial charge is 0.507 e. The molecule has 0 saturated heterocycles. The van der Waals surface area contributed by atoms with Crippen LogP contribution in [0.2, 0.25) is 0 Å². The molecule has 4 heteroatoms. The Kier molecular flexibility index (Phi) is 3.08. The molecule has 3 nitrogen and oxygen atoms in total. The summed E-state index contributed by atoms with van der Waals surface area (Å²) in [5, 5.41) is 17.9. The van der Waals surface area contributed by atoms with Crippen molar-refractivity contribution in [3.8, 4) is 5.75 Å². The van der Waals surface area contributed by atoms with Crippen molar-refractivity contribution in [3.05, 3.63) is 27.7 Å². The van der Waals surface area contributed by atoms with Gasteiger partial charge in [0.1, 0.15) is 5.75 Å². The van der Waals surface area contributed by atoms with Gasteiger partial charge >= 0.3 is 0 Å². The summed E-state index contributed by atoms with van der Waals surface area (Å²) in [5.41, 5.74) is 3.46. The lowest BCUT2D eigenvalue weighted by atomic mass is 10.1. The van der Waals surface area contributed by atoms with Crippen LogP contribution in [0, 0.1) is 6.92 Å². The molecule has 1 aromatic rings. The summed E-state index contributed by atoms with van der Waals surface area (Å²) in [6.45, 7) is 2.05. The third kappa shape index (κ3) is 1.97. The van der Waals surface area contributed by atoms with E-state index in [9.17, 15) is 5.11 Å². The van der Waals surface area contributed by atoms with Crippen LogP contribution in [-0.2, 0) is 6.54 Å². The molecule has 0 bridgehead atoms. The summed E-state index contributed by atoms with van der Waals surface area (Å²) >= 11 is 3.30. The van der Waals surface area contributed by atoms with Gasteiger partial charge in [-0.1, -0.05) is 15.9 Å². The zero-order valence-corrected chi connectivity index (χ0v) is 8.22. The molecule has 0 spiro atoms. The zero-order chi connectivity index (χ0) is 9.14. The molecule has 0 unspecified atom stereocenters. The van der Waals surface area contributed by atoms with Crippen molar-refractivity contribution < 1.29 is 10.3 Å². The fourth-order valence-corrected chi connectivity index (χ4v) is 1.64. The van der Waals surface area contributed by atoms with Crippen LogP contribution in [0.3, 0.4) is 0 Å². The van der Waals surface area contributed by atoms with E-state index in [0.717, 1.165) is 10.0 Å². The Hall–Kier alpha value is -0.580. The van der Waals surface area contributed by atoms with Gasteiger partial charge in [0.25, 0.3) is 0 Å². The Balaban J connectivity index is 3.09. The molecule has 12 heavy (non-hydrogen) atoms. The van der Waals surface area contributed by atoms with E-state index in [1.165, 1.54) is 0 Å². The quantitative estimate of drug-likeness (QED) is 0.683. The van der Waals surface area contributed by atoms with Gasteiger partial charge in [-0.05, 0) is 24.6 Å². The third-order valence-electron chi connectivity index (χ3n) is 1.61. The molecule has 3 N–H and O–H groups in total. The van der Waals surface area contributed by atoms with Gasteiger partial charge in [0.2, 0.25) is 0 Å². The molecular weight excluding hydrogens is 222 g/mol. The number of hydroxylamine groups is 1. The molecule has 0 aliphatic carbocycles. The first-order valence-corrected chi connectivity index (χ1v) is 4.29. The number of phenols is 1. The molecule has 0 aliphatic rings. The topological polar surface area (TPSA) is 52.5 Å². The Labute approximate surface area is 79.1 Å². The minimum Gasteiger partial charge on any atom is -0.507 e. The Morgan fingerprint density at radius 3 is 2.75 bits per heavy atom. The molecule has 0 radical (unpaired) electrons. The summed E-state index contributed by atoms with van der Waals surface area (Å²) in [4.78, 5) is 0. The number of aryl methyl sites for hydroxylation is 1. The summed E-state index contributed by atoms with van der Waals surface area (Å²) in [7, 11) is 0. The van der Waals surface area contributed by atoms with Crippen molar-refractivity contribution in [2.75, 3.05) is 0 Å². The van der Waals surface area contributed by atoms with E-state index in [2.05, 4.69) is 15.9 Å². The van der Waals surface area contributed by atoms with Crippen molar-refractivity contribution in [1.29, 1.82) is 0 Å². The van der Waals surface area contributed by atoms with Gasteiger partial charge in [-0.15, -0.1) is 0 Å². The fraction of sp³-hybridized carbons (Fsp3) is 0.250. The summed E-state index contributed by atoms with van der Waals surface area (Å²) in [6, 6.07) is 3.57. The lowest BCUT2D eigenvalue weighted by molar-refractivity contribution is 0.160. The molecule has 0 aromatic heterocycles. The maximum absolute atomic E-state index is 9.48. The number of phenolic OH excluding ortho intramolecular Hbond substituents is 1. The SMILES string of the molecule is Cc1cc(Br)cc(CNO)c1O. The number of hydrogen-bond acceptors (Lipinski definition) is 3. The van der Waals surface area contributed by atoms with Gasteiger partial charge in [-0.25, -0.2) is 5.48 Å². The van der Waals surface area contributed by atoms with Crippen molar-refractivity contribution in [2.24, 2.45) is 0 Å². The predicted octanol–water partition coefficient (Wildman–Crippen LogP) is 1.94. The summed E-state index contributed by atoms with van der Waals surface area (Å²) < 4.78 is 0.892. The van der Waals surface area contributed by atoms with Crippen molar-refractivity contribution in [2.45, 2.75) is 13.5 Å². The maximum Gasteiger partial charge on any atom is 0.123 e. The molecule has 0 aliphatic heterocycles. The van der Waals surface area contributed by atoms with E-state index in [1.807, 2.05) is 11.5 Å². The van der Waals surface area contributed by atoms with Crippen LogP contribution >= 0.6 is 15.9 Å². The first kappa shape index (κ1) is 9.51. The van der Waals surface area contributed by atoms with Crippen molar-refractivity contribution >= 4 is 15.9 Å². The standard InChI is InChI=1S/C8H10BrNO2/c1-5-2-7(9)3-6(4-10-12)8(5)11/h2-3,10-12H,4H2,1H3. The van der Waals surface area contributed by atoms with Crippen molar-refractivity contribution in [1.82, 2.24) is 5.48 Å². The fourth-order valence-electron chi connectivity index (χ4n) is 1.02. The number of hydrogen-bond donors (Lipinski definition) is 3. The van der Waals surface area contributed by atoms with Crippen LogP contribution in [0.15, 0.2) is 16.6 Å². The zero-order valence-electron chi connectivity index (χ0n) is 6.63. The van der Waals surface area contributed by atoms with Gasteiger partial charge < -0.3 is 10.3 Å². The smallest absolute Gasteiger partial charge is 0.123 e. The third-order valence-corrected chi connectivity index (χ3v) is 2.07. The second-order valence-electron chi connectivity index (χ2n) is 2.57. The minimum absolute atomic E-state index is 0.222. The van der Waals surface area contributed by atoms with Crippen LogP contribution in [0.25, 0.3) is 0 Å². The number of benzene rings is 1. The van der Waals surface area contributed by atoms with Crippen LogP contribution in [0.4, 0.5) is 0 Å². The van der Waals surface area contributed by atoms with Gasteiger partial charge in [0.05, 0.1) is 0 Å². The molecule has 66 valence electrons. The Morgan fingerprint density at radius 2 is 2.17 bits per heavy atom. The molecule has 1 aromatic carbocycles. The maximum atomic E-state index is 9.48. The minimum atomic E-state index is 0.222. The number of halogens is 1. The van der Waals surface area contributed by atoms with Gasteiger partial charge in [-0.3, -0.25) is 0 Å². The second-order valence-corrected chi connectivity index (χ2v) is 3.48. The van der Waals surface area contributed by atoms with Crippen LogP contribution in [-0.4, -0.2) is 10.3 Å².